The Morgan fingerprint density at radius 2 is 1.75 bits per heavy atom. The molecule has 28 heavy (non-hydrogen) atoms. The number of anilines is 1. The molecule has 0 radical (unpaired) electrons. The number of carbonyl (C=O) groups is 1. The number of amides is 1. The number of piperidine rings is 1. The molecule has 0 unspecified atom stereocenters. The molecule has 0 bridgehead atoms. The molecule has 2 aliphatic rings. The van der Waals surface area contributed by atoms with Gasteiger partial charge in [0.1, 0.15) is 0 Å². The van der Waals surface area contributed by atoms with Gasteiger partial charge in [-0.25, -0.2) is 8.42 Å². The van der Waals surface area contributed by atoms with E-state index in [4.69, 9.17) is 0 Å². The Hall–Kier alpha value is -2.18. The third-order valence-electron chi connectivity index (χ3n) is 5.79. The number of carbonyl (C=O) groups excluding carboxylic acids is 1. The number of hydrogen-bond acceptors (Lipinski definition) is 3. The first kappa shape index (κ1) is 19.2. The van der Waals surface area contributed by atoms with E-state index in [1.807, 2.05) is 12.1 Å². The maximum Gasteiger partial charge on any atom is 0.243 e. The Morgan fingerprint density at radius 1 is 0.964 bits per heavy atom. The van der Waals surface area contributed by atoms with E-state index in [2.05, 4.69) is 11.4 Å². The molecule has 2 aromatic carbocycles. The highest BCUT2D eigenvalue weighted by atomic mass is 32.2. The van der Waals surface area contributed by atoms with Gasteiger partial charge < -0.3 is 5.32 Å². The van der Waals surface area contributed by atoms with Gasteiger partial charge in [-0.3, -0.25) is 4.79 Å². The summed E-state index contributed by atoms with van der Waals surface area (Å²) < 4.78 is 27.3. The first-order chi connectivity index (χ1) is 13.6. The van der Waals surface area contributed by atoms with Crippen molar-refractivity contribution >= 4 is 21.6 Å². The van der Waals surface area contributed by atoms with Crippen LogP contribution >= 0.6 is 0 Å². The smallest absolute Gasteiger partial charge is 0.243 e. The second-order valence-electron chi connectivity index (χ2n) is 7.65. The van der Waals surface area contributed by atoms with Gasteiger partial charge in [0.15, 0.2) is 0 Å². The van der Waals surface area contributed by atoms with Crippen LogP contribution in [0.15, 0.2) is 53.4 Å². The van der Waals surface area contributed by atoms with E-state index in [1.54, 1.807) is 30.3 Å². The zero-order chi connectivity index (χ0) is 19.6. The molecular formula is C22H26N2O3S. The SMILES string of the molecule is O=C(Nc1cccc2c1CCCC2)[C@@H]1CCCN(S(=O)(=O)c2ccccc2)C1. The van der Waals surface area contributed by atoms with Crippen molar-refractivity contribution in [1.82, 2.24) is 4.31 Å². The summed E-state index contributed by atoms with van der Waals surface area (Å²) in [4.78, 5) is 13.2. The number of hydrogen-bond donors (Lipinski definition) is 1. The minimum Gasteiger partial charge on any atom is -0.326 e. The Bertz CT molecular complexity index is 957. The summed E-state index contributed by atoms with van der Waals surface area (Å²) in [5, 5.41) is 3.09. The minimum absolute atomic E-state index is 0.0769. The largest absolute Gasteiger partial charge is 0.326 e. The summed E-state index contributed by atoms with van der Waals surface area (Å²) in [6.45, 7) is 0.694. The predicted octanol–water partition coefficient (Wildman–Crippen LogP) is 3.60. The lowest BCUT2D eigenvalue weighted by Crippen LogP contribution is -2.43. The van der Waals surface area contributed by atoms with E-state index < -0.39 is 10.0 Å². The quantitative estimate of drug-likeness (QED) is 0.856. The molecule has 6 heteroatoms. The van der Waals surface area contributed by atoms with Crippen LogP contribution in [0.3, 0.4) is 0 Å². The number of nitrogens with zero attached hydrogens (tertiary/aromatic N) is 1. The summed E-state index contributed by atoms with van der Waals surface area (Å²) in [5.74, 6) is -0.404. The molecule has 148 valence electrons. The lowest BCUT2D eigenvalue weighted by Gasteiger charge is -2.31. The summed E-state index contributed by atoms with van der Waals surface area (Å²) in [7, 11) is -3.56. The van der Waals surface area contributed by atoms with E-state index in [0.29, 0.717) is 19.4 Å². The number of fused-ring (bicyclic) bond motifs is 1. The van der Waals surface area contributed by atoms with Crippen LogP contribution in [0.1, 0.15) is 36.8 Å². The first-order valence-electron chi connectivity index (χ1n) is 10.0. The van der Waals surface area contributed by atoms with Crippen LogP contribution in [0.2, 0.25) is 0 Å². The number of nitrogens with one attached hydrogen (secondary N) is 1. The molecule has 1 N–H and O–H groups in total. The van der Waals surface area contributed by atoms with Gasteiger partial charge in [-0.1, -0.05) is 30.3 Å². The number of benzene rings is 2. The number of rotatable bonds is 4. The van der Waals surface area contributed by atoms with Crippen molar-refractivity contribution < 1.29 is 13.2 Å². The molecule has 1 fully saturated rings. The normalized spacial score (nSPS) is 20.4. The standard InChI is InChI=1S/C22H26N2O3S/c25-22(23-21-14-6-9-17-8-4-5-13-20(17)21)18-10-7-15-24(16-18)28(26,27)19-11-2-1-3-12-19/h1-3,6,9,11-12,14,18H,4-5,7-8,10,13,15-16H2,(H,23,25)/t18-/m1/s1. The van der Waals surface area contributed by atoms with Crippen molar-refractivity contribution in [2.75, 3.05) is 18.4 Å². The van der Waals surface area contributed by atoms with Gasteiger partial charge in [0.2, 0.25) is 15.9 Å². The third kappa shape index (κ3) is 3.84. The first-order valence-corrected chi connectivity index (χ1v) is 11.5. The molecule has 1 atom stereocenters. The van der Waals surface area contributed by atoms with Crippen molar-refractivity contribution in [2.45, 2.75) is 43.4 Å². The summed E-state index contributed by atoms with van der Waals surface area (Å²) in [6.07, 6.45) is 5.79. The molecule has 4 rings (SSSR count). The molecule has 0 aromatic heterocycles. The van der Waals surface area contributed by atoms with Crippen LogP contribution in [-0.2, 0) is 27.7 Å². The van der Waals surface area contributed by atoms with Crippen LogP contribution in [0.4, 0.5) is 5.69 Å². The van der Waals surface area contributed by atoms with E-state index in [0.717, 1.165) is 24.9 Å². The molecule has 0 saturated carbocycles. The van der Waals surface area contributed by atoms with Crippen molar-refractivity contribution in [3.63, 3.8) is 0 Å². The van der Waals surface area contributed by atoms with Crippen molar-refractivity contribution in [3.8, 4) is 0 Å². The number of aryl methyl sites for hydroxylation is 1. The van der Waals surface area contributed by atoms with Gasteiger partial charge in [0, 0.05) is 18.8 Å². The molecule has 0 spiro atoms. The highest BCUT2D eigenvalue weighted by Gasteiger charge is 2.33. The average molecular weight is 399 g/mol. The minimum atomic E-state index is -3.56. The van der Waals surface area contributed by atoms with Crippen LogP contribution in [0, 0.1) is 5.92 Å². The van der Waals surface area contributed by atoms with Gasteiger partial charge in [-0.05, 0) is 67.9 Å². The zero-order valence-electron chi connectivity index (χ0n) is 15.9. The van der Waals surface area contributed by atoms with Gasteiger partial charge in [-0.15, -0.1) is 0 Å². The van der Waals surface area contributed by atoms with Gasteiger partial charge in [0.05, 0.1) is 10.8 Å². The van der Waals surface area contributed by atoms with Crippen molar-refractivity contribution in [1.29, 1.82) is 0 Å². The fourth-order valence-corrected chi connectivity index (χ4v) is 5.79. The third-order valence-corrected chi connectivity index (χ3v) is 7.67. The van der Waals surface area contributed by atoms with Gasteiger partial charge >= 0.3 is 0 Å². The fourth-order valence-electron chi connectivity index (χ4n) is 4.25. The fraction of sp³-hybridized carbons (Fsp3) is 0.409. The molecule has 1 aliphatic heterocycles. The van der Waals surface area contributed by atoms with Gasteiger partial charge in [-0.2, -0.15) is 4.31 Å². The summed E-state index contributed by atoms with van der Waals surface area (Å²) >= 11 is 0. The predicted molar refractivity (Wildman–Crippen MR) is 110 cm³/mol. The lowest BCUT2D eigenvalue weighted by atomic mass is 9.90. The Balaban J connectivity index is 1.49. The van der Waals surface area contributed by atoms with Crippen molar-refractivity contribution in [3.05, 3.63) is 59.7 Å². The van der Waals surface area contributed by atoms with Crippen LogP contribution in [0.25, 0.3) is 0 Å². The van der Waals surface area contributed by atoms with Crippen LogP contribution in [-0.4, -0.2) is 31.7 Å². The molecule has 1 amide bonds. The molecule has 1 heterocycles. The maximum atomic E-state index is 12.9. The van der Waals surface area contributed by atoms with Crippen molar-refractivity contribution in [2.24, 2.45) is 5.92 Å². The van der Waals surface area contributed by atoms with E-state index in [1.165, 1.54) is 21.9 Å². The van der Waals surface area contributed by atoms with E-state index in [-0.39, 0.29) is 23.3 Å². The summed E-state index contributed by atoms with van der Waals surface area (Å²) in [5.41, 5.74) is 3.46. The van der Waals surface area contributed by atoms with Crippen LogP contribution in [0.5, 0.6) is 0 Å². The molecule has 2 aromatic rings. The zero-order valence-corrected chi connectivity index (χ0v) is 16.7. The lowest BCUT2D eigenvalue weighted by molar-refractivity contribution is -0.120. The average Bonchev–Trinajstić information content (AvgIpc) is 2.75. The maximum absolute atomic E-state index is 12.9. The van der Waals surface area contributed by atoms with E-state index in [9.17, 15) is 13.2 Å². The highest BCUT2D eigenvalue weighted by Crippen LogP contribution is 2.29. The van der Waals surface area contributed by atoms with Gasteiger partial charge in [0.25, 0.3) is 0 Å². The van der Waals surface area contributed by atoms with E-state index >= 15 is 0 Å². The Labute approximate surface area is 166 Å². The molecule has 1 aliphatic carbocycles. The molecule has 5 nitrogen and oxygen atoms in total. The second-order valence-corrected chi connectivity index (χ2v) is 9.59. The Kier molecular flexibility index (Phi) is 5.51. The monoisotopic (exact) mass is 398 g/mol. The molecule has 1 saturated heterocycles. The topological polar surface area (TPSA) is 66.5 Å². The highest BCUT2D eigenvalue weighted by molar-refractivity contribution is 7.89. The number of sulfonamides is 1. The Morgan fingerprint density at radius 3 is 2.57 bits per heavy atom. The van der Waals surface area contributed by atoms with Crippen LogP contribution < -0.4 is 5.32 Å². The molecular weight excluding hydrogens is 372 g/mol. The summed E-state index contributed by atoms with van der Waals surface area (Å²) in [6, 6.07) is 14.5. The second kappa shape index (κ2) is 8.05.